The molecule has 0 aromatic heterocycles. The van der Waals surface area contributed by atoms with Crippen LogP contribution in [0.3, 0.4) is 0 Å². The molecule has 114 valence electrons. The van der Waals surface area contributed by atoms with Crippen LogP contribution >= 0.6 is 11.6 Å². The molecule has 2 unspecified atom stereocenters. The molecule has 1 saturated heterocycles. The topological polar surface area (TPSA) is 55.8 Å². The van der Waals surface area contributed by atoms with Crippen molar-refractivity contribution in [3.05, 3.63) is 0 Å². The molecule has 1 heterocycles. The summed E-state index contributed by atoms with van der Waals surface area (Å²) in [6.07, 6.45) is 2.33. The van der Waals surface area contributed by atoms with Gasteiger partial charge in [-0.1, -0.05) is 18.0 Å². The van der Waals surface area contributed by atoms with Gasteiger partial charge >= 0.3 is 12.1 Å². The van der Waals surface area contributed by atoms with Gasteiger partial charge in [-0.2, -0.15) is 0 Å². The van der Waals surface area contributed by atoms with E-state index in [2.05, 4.69) is 0 Å². The van der Waals surface area contributed by atoms with E-state index < -0.39 is 11.0 Å². The summed E-state index contributed by atoms with van der Waals surface area (Å²) in [6, 6.07) is -0.139. The number of amides is 1. The molecule has 6 heteroatoms. The van der Waals surface area contributed by atoms with Crippen molar-refractivity contribution in [2.24, 2.45) is 11.3 Å². The molecule has 1 saturated carbocycles. The first-order valence-electron chi connectivity index (χ1n) is 6.99. The van der Waals surface area contributed by atoms with Crippen molar-refractivity contribution >= 4 is 23.7 Å². The molecular weight excluding hydrogens is 282 g/mol. The predicted molar refractivity (Wildman–Crippen MR) is 74.4 cm³/mol. The normalized spacial score (nSPS) is 29.2. The summed E-state index contributed by atoms with van der Waals surface area (Å²) in [7, 11) is 0. The number of nitrogens with zero attached hydrogens (tertiary/aromatic N) is 1. The van der Waals surface area contributed by atoms with Crippen LogP contribution in [-0.2, 0) is 14.3 Å². The highest BCUT2D eigenvalue weighted by Gasteiger charge is 2.57. The van der Waals surface area contributed by atoms with Gasteiger partial charge in [0, 0.05) is 13.1 Å². The average Bonchev–Trinajstić information content (AvgIpc) is 2.83. The van der Waals surface area contributed by atoms with Crippen molar-refractivity contribution in [2.75, 3.05) is 19.2 Å². The number of fused-ring (bicyclic) bond motifs is 1. The third kappa shape index (κ3) is 2.87. The zero-order valence-corrected chi connectivity index (χ0v) is 13.0. The monoisotopic (exact) mass is 303 g/mol. The van der Waals surface area contributed by atoms with E-state index in [-0.39, 0.29) is 24.0 Å². The van der Waals surface area contributed by atoms with Crippen molar-refractivity contribution < 1.29 is 19.1 Å². The Bertz CT molecular complexity index is 406. The van der Waals surface area contributed by atoms with Gasteiger partial charge in [0.15, 0.2) is 6.07 Å². The minimum Gasteiger partial charge on any atom is -0.449 e. The molecule has 1 amide bonds. The number of esters is 1. The maximum absolute atomic E-state index is 12.2. The fraction of sp³-hybridized carbons (Fsp3) is 0.857. The van der Waals surface area contributed by atoms with Gasteiger partial charge < -0.3 is 14.4 Å². The number of ether oxygens (including phenoxy) is 2. The Morgan fingerprint density at radius 3 is 2.70 bits per heavy atom. The molecule has 0 aromatic carbocycles. The van der Waals surface area contributed by atoms with Gasteiger partial charge in [-0.25, -0.2) is 4.79 Å². The minimum atomic E-state index is -0.578. The number of carbonyl (C=O) groups excluding carboxylic acids is 2. The van der Waals surface area contributed by atoms with Crippen LogP contribution in [-0.4, -0.2) is 41.7 Å². The summed E-state index contributed by atoms with van der Waals surface area (Å²) in [6.45, 7) is 6.44. The predicted octanol–water partition coefficient (Wildman–Crippen LogP) is 2.76. The van der Waals surface area contributed by atoms with Crippen molar-refractivity contribution in [3.63, 3.8) is 0 Å². The van der Waals surface area contributed by atoms with Crippen molar-refractivity contribution in [1.82, 2.24) is 4.90 Å². The molecular formula is C14H22ClNO4. The second kappa shape index (κ2) is 5.43. The summed E-state index contributed by atoms with van der Waals surface area (Å²) >= 11 is 5.50. The first kappa shape index (κ1) is 15.4. The van der Waals surface area contributed by atoms with E-state index in [4.69, 9.17) is 21.1 Å². The minimum absolute atomic E-state index is 0.139. The smallest absolute Gasteiger partial charge is 0.410 e. The van der Waals surface area contributed by atoms with Gasteiger partial charge in [0.05, 0.1) is 5.41 Å². The fourth-order valence-electron chi connectivity index (χ4n) is 3.28. The van der Waals surface area contributed by atoms with Crippen molar-refractivity contribution in [2.45, 2.75) is 45.6 Å². The molecule has 0 aromatic rings. The number of rotatable bonds is 2. The van der Waals surface area contributed by atoms with Crippen LogP contribution in [0.1, 0.15) is 40.0 Å². The second-order valence-electron chi connectivity index (χ2n) is 6.65. The summed E-state index contributed by atoms with van der Waals surface area (Å²) in [5, 5.41) is 0. The Labute approximate surface area is 124 Å². The van der Waals surface area contributed by atoms with E-state index in [0.29, 0.717) is 13.1 Å². The van der Waals surface area contributed by atoms with E-state index in [1.54, 1.807) is 4.90 Å². The Hall–Kier alpha value is -0.970. The molecule has 2 aliphatic rings. The summed E-state index contributed by atoms with van der Waals surface area (Å²) < 4.78 is 10.4. The van der Waals surface area contributed by atoms with Crippen molar-refractivity contribution in [3.8, 4) is 0 Å². The highest BCUT2D eigenvalue weighted by molar-refractivity contribution is 6.17. The number of hydrogen-bond donors (Lipinski definition) is 0. The molecule has 2 rings (SSSR count). The third-order valence-corrected chi connectivity index (χ3v) is 4.22. The van der Waals surface area contributed by atoms with Gasteiger partial charge in [-0.3, -0.25) is 4.79 Å². The van der Waals surface area contributed by atoms with Gasteiger partial charge in [0.1, 0.15) is 5.60 Å². The summed E-state index contributed by atoms with van der Waals surface area (Å²) in [5.74, 6) is -0.119. The zero-order chi connectivity index (χ0) is 15.0. The highest BCUT2D eigenvalue weighted by atomic mass is 35.5. The molecule has 20 heavy (non-hydrogen) atoms. The van der Waals surface area contributed by atoms with E-state index in [9.17, 15) is 9.59 Å². The highest BCUT2D eigenvalue weighted by Crippen LogP contribution is 2.49. The van der Waals surface area contributed by atoms with Gasteiger partial charge in [-0.15, -0.1) is 0 Å². The van der Waals surface area contributed by atoms with E-state index in [0.717, 1.165) is 19.3 Å². The average molecular weight is 304 g/mol. The standard InChI is InChI=1S/C14H22ClNO4/c1-13(2,3)20-12(18)16-7-10-5-4-6-14(10,8-16)11(17)19-9-15/h10H,4-9H2,1-3H3. The SMILES string of the molecule is CC(C)(C)OC(=O)N1CC2CCCC2(C(=O)OCCl)C1. The zero-order valence-electron chi connectivity index (χ0n) is 12.3. The number of halogens is 1. The quantitative estimate of drug-likeness (QED) is 0.581. The Balaban J connectivity index is 2.08. The van der Waals surface area contributed by atoms with Crippen LogP contribution in [0.2, 0.25) is 0 Å². The van der Waals surface area contributed by atoms with Gasteiger partial charge in [0.2, 0.25) is 0 Å². The molecule has 1 aliphatic heterocycles. The first-order valence-corrected chi connectivity index (χ1v) is 7.53. The van der Waals surface area contributed by atoms with E-state index in [1.807, 2.05) is 20.8 Å². The van der Waals surface area contributed by atoms with E-state index in [1.165, 1.54) is 0 Å². The number of carbonyl (C=O) groups is 2. The lowest BCUT2D eigenvalue weighted by molar-refractivity contribution is -0.154. The van der Waals surface area contributed by atoms with Gasteiger partial charge in [0.25, 0.3) is 0 Å². The Morgan fingerprint density at radius 1 is 1.40 bits per heavy atom. The van der Waals surface area contributed by atoms with E-state index >= 15 is 0 Å². The lowest BCUT2D eigenvalue weighted by atomic mass is 9.81. The number of hydrogen-bond acceptors (Lipinski definition) is 4. The molecule has 0 radical (unpaired) electrons. The van der Waals surface area contributed by atoms with Crippen LogP contribution in [0, 0.1) is 11.3 Å². The van der Waals surface area contributed by atoms with Crippen LogP contribution in [0.25, 0.3) is 0 Å². The molecule has 0 spiro atoms. The second-order valence-corrected chi connectivity index (χ2v) is 6.87. The molecule has 2 fully saturated rings. The third-order valence-electron chi connectivity index (χ3n) is 4.11. The van der Waals surface area contributed by atoms with Gasteiger partial charge in [-0.05, 0) is 39.5 Å². The van der Waals surface area contributed by atoms with Crippen LogP contribution in [0.15, 0.2) is 0 Å². The lowest BCUT2D eigenvalue weighted by Crippen LogP contribution is -2.40. The maximum atomic E-state index is 12.2. The summed E-state index contributed by atoms with van der Waals surface area (Å²) in [4.78, 5) is 26.0. The van der Waals surface area contributed by atoms with Crippen LogP contribution in [0.4, 0.5) is 4.79 Å². The lowest BCUT2D eigenvalue weighted by Gasteiger charge is -2.27. The first-order chi connectivity index (χ1) is 9.28. The van der Waals surface area contributed by atoms with Crippen LogP contribution < -0.4 is 0 Å². The largest absolute Gasteiger partial charge is 0.449 e. The van der Waals surface area contributed by atoms with Crippen molar-refractivity contribution in [1.29, 1.82) is 0 Å². The van der Waals surface area contributed by atoms with Crippen LogP contribution in [0.5, 0.6) is 0 Å². The Morgan fingerprint density at radius 2 is 2.10 bits per heavy atom. The number of alkyl halides is 1. The molecule has 0 bridgehead atoms. The summed E-state index contributed by atoms with van der Waals surface area (Å²) in [5.41, 5.74) is -1.11. The maximum Gasteiger partial charge on any atom is 0.410 e. The Kier molecular flexibility index (Phi) is 4.19. The molecule has 1 aliphatic carbocycles. The molecule has 5 nitrogen and oxygen atoms in total. The molecule has 0 N–H and O–H groups in total. The molecule has 2 atom stereocenters. The fourth-order valence-corrected chi connectivity index (χ4v) is 3.38. The number of likely N-dealkylation sites (tertiary alicyclic amines) is 1.